The number of benzene rings is 1. The third-order valence-corrected chi connectivity index (χ3v) is 1.71. The molecule has 74 valence electrons. The monoisotopic (exact) mass is 212 g/mol. The number of ether oxygens (including phenoxy) is 1. The van der Waals surface area contributed by atoms with Gasteiger partial charge >= 0.3 is 0 Å². The van der Waals surface area contributed by atoms with Crippen molar-refractivity contribution in [2.45, 2.75) is 0 Å². The highest BCUT2D eigenvalue weighted by Crippen LogP contribution is 2.28. The number of thiocarbonyl (C=S) groups is 1. The van der Waals surface area contributed by atoms with Crippen molar-refractivity contribution in [3.05, 3.63) is 28.3 Å². The first-order chi connectivity index (χ1) is 6.69. The highest BCUT2D eigenvalue weighted by molar-refractivity contribution is 7.78. The van der Waals surface area contributed by atoms with Gasteiger partial charge in [0.05, 0.1) is 10.6 Å². The number of hydrogen-bond acceptors (Lipinski definition) is 5. The first kappa shape index (κ1) is 10.4. The van der Waals surface area contributed by atoms with Crippen LogP contribution in [0.25, 0.3) is 0 Å². The summed E-state index contributed by atoms with van der Waals surface area (Å²) in [6.45, 7) is 0. The van der Waals surface area contributed by atoms with Crippen LogP contribution in [0.2, 0.25) is 0 Å². The van der Waals surface area contributed by atoms with Crippen LogP contribution in [-0.2, 0) is 0 Å². The lowest BCUT2D eigenvalue weighted by Crippen LogP contribution is -1.97. The summed E-state index contributed by atoms with van der Waals surface area (Å²) in [5.41, 5.74) is 1.63. The third-order valence-electron chi connectivity index (χ3n) is 1.62. The number of nitrogens with zero attached hydrogens (tertiary/aromatic N) is 1. The SMILES string of the molecule is CNc1cc([N+](=O)[O-])ccc1OC=S. The predicted octanol–water partition coefficient (Wildman–Crippen LogP) is 1.97. The summed E-state index contributed by atoms with van der Waals surface area (Å²) < 4.78 is 4.97. The Bertz CT molecular complexity index is 368. The molecule has 0 aliphatic heterocycles. The van der Waals surface area contributed by atoms with Crippen LogP contribution in [0.15, 0.2) is 18.2 Å². The molecule has 0 unspecified atom stereocenters. The zero-order chi connectivity index (χ0) is 10.6. The molecule has 1 N–H and O–H groups in total. The van der Waals surface area contributed by atoms with Crippen molar-refractivity contribution >= 4 is 29.1 Å². The van der Waals surface area contributed by atoms with E-state index in [2.05, 4.69) is 17.5 Å². The molecule has 6 heteroatoms. The van der Waals surface area contributed by atoms with Crippen LogP contribution in [0.5, 0.6) is 5.75 Å². The minimum atomic E-state index is -0.470. The Balaban J connectivity index is 3.10. The van der Waals surface area contributed by atoms with Gasteiger partial charge in [-0.05, 0) is 18.3 Å². The molecule has 0 aromatic heterocycles. The van der Waals surface area contributed by atoms with Gasteiger partial charge < -0.3 is 10.1 Å². The van der Waals surface area contributed by atoms with Crippen LogP contribution in [0.3, 0.4) is 0 Å². The van der Waals surface area contributed by atoms with Gasteiger partial charge in [-0.25, -0.2) is 0 Å². The smallest absolute Gasteiger partial charge is 0.271 e. The van der Waals surface area contributed by atoms with Crippen LogP contribution in [-0.4, -0.2) is 17.5 Å². The maximum atomic E-state index is 10.4. The second-order valence-corrected chi connectivity index (χ2v) is 2.59. The zero-order valence-electron chi connectivity index (χ0n) is 7.39. The van der Waals surface area contributed by atoms with Gasteiger partial charge in [-0.1, -0.05) is 0 Å². The minimum Gasteiger partial charge on any atom is -0.451 e. The molecule has 1 rings (SSSR count). The lowest BCUT2D eigenvalue weighted by atomic mass is 10.2. The fraction of sp³-hybridized carbons (Fsp3) is 0.125. The standard InChI is InChI=1S/C8H8N2O3S/c1-9-7-4-6(10(11)12)2-3-8(7)13-5-14/h2-5,9H,1H3. The van der Waals surface area contributed by atoms with Crippen molar-refractivity contribution < 1.29 is 9.66 Å². The first-order valence-corrected chi connectivity index (χ1v) is 4.22. The molecule has 0 saturated carbocycles. The van der Waals surface area contributed by atoms with Crippen molar-refractivity contribution in [3.8, 4) is 5.75 Å². The fourth-order valence-electron chi connectivity index (χ4n) is 0.982. The van der Waals surface area contributed by atoms with Gasteiger partial charge in [-0.15, -0.1) is 0 Å². The van der Waals surface area contributed by atoms with E-state index < -0.39 is 4.92 Å². The lowest BCUT2D eigenvalue weighted by molar-refractivity contribution is -0.384. The maximum Gasteiger partial charge on any atom is 0.271 e. The number of nitro benzene ring substituents is 1. The average Bonchev–Trinajstić information content (AvgIpc) is 2.18. The number of nitro groups is 1. The molecule has 0 atom stereocenters. The van der Waals surface area contributed by atoms with Gasteiger partial charge in [-0.2, -0.15) is 0 Å². The molecule has 0 aliphatic carbocycles. The number of anilines is 1. The molecule has 5 nitrogen and oxygen atoms in total. The largest absolute Gasteiger partial charge is 0.451 e. The van der Waals surface area contributed by atoms with Crippen molar-refractivity contribution in [2.24, 2.45) is 0 Å². The summed E-state index contributed by atoms with van der Waals surface area (Å²) in [6.07, 6.45) is 0. The Morgan fingerprint density at radius 3 is 2.86 bits per heavy atom. The second-order valence-electron chi connectivity index (χ2n) is 2.40. The van der Waals surface area contributed by atoms with Gasteiger partial charge in [0.1, 0.15) is 0 Å². The summed E-state index contributed by atoms with van der Waals surface area (Å²) in [5.74, 6) is 0.466. The van der Waals surface area contributed by atoms with Gasteiger partial charge in [-0.3, -0.25) is 10.1 Å². The first-order valence-electron chi connectivity index (χ1n) is 3.75. The summed E-state index contributed by atoms with van der Waals surface area (Å²) in [4.78, 5) is 9.98. The summed E-state index contributed by atoms with van der Waals surface area (Å²) in [6, 6.07) is 4.23. The summed E-state index contributed by atoms with van der Waals surface area (Å²) in [7, 11) is 1.65. The number of rotatable bonds is 4. The number of hydrogen-bond donors (Lipinski definition) is 1. The molecule has 0 saturated heterocycles. The third kappa shape index (κ3) is 2.17. The molecule has 0 bridgehead atoms. The topological polar surface area (TPSA) is 64.4 Å². The van der Waals surface area contributed by atoms with Crippen molar-refractivity contribution in [2.75, 3.05) is 12.4 Å². The zero-order valence-corrected chi connectivity index (χ0v) is 8.21. The van der Waals surface area contributed by atoms with E-state index in [1.165, 1.54) is 18.2 Å². The molecule has 0 heterocycles. The van der Waals surface area contributed by atoms with E-state index in [0.717, 1.165) is 5.55 Å². The molecular formula is C8H8N2O3S. The van der Waals surface area contributed by atoms with Gasteiger partial charge in [0, 0.05) is 19.2 Å². The Labute approximate surface area is 85.8 Å². The van der Waals surface area contributed by atoms with Gasteiger partial charge in [0.2, 0.25) is 0 Å². The molecule has 0 amide bonds. The van der Waals surface area contributed by atoms with Crippen molar-refractivity contribution in [1.82, 2.24) is 0 Å². The fourth-order valence-corrected chi connectivity index (χ4v) is 1.09. The summed E-state index contributed by atoms with van der Waals surface area (Å²) in [5, 5.41) is 13.2. The molecule has 0 spiro atoms. The molecule has 0 fully saturated rings. The quantitative estimate of drug-likeness (QED) is 0.469. The average molecular weight is 212 g/mol. The van der Waals surface area contributed by atoms with Crippen LogP contribution in [0, 0.1) is 10.1 Å². The number of non-ortho nitro benzene ring substituents is 1. The van der Waals surface area contributed by atoms with E-state index in [0.29, 0.717) is 11.4 Å². The molecular weight excluding hydrogens is 204 g/mol. The van der Waals surface area contributed by atoms with E-state index in [-0.39, 0.29) is 5.69 Å². The highest BCUT2D eigenvalue weighted by atomic mass is 32.1. The van der Waals surface area contributed by atoms with Gasteiger partial charge in [0.25, 0.3) is 5.69 Å². The summed E-state index contributed by atoms with van der Waals surface area (Å²) >= 11 is 4.52. The Morgan fingerprint density at radius 2 is 2.36 bits per heavy atom. The normalized spacial score (nSPS) is 9.21. The Morgan fingerprint density at radius 1 is 1.64 bits per heavy atom. The molecule has 14 heavy (non-hydrogen) atoms. The molecule has 1 aromatic carbocycles. The van der Waals surface area contributed by atoms with E-state index in [4.69, 9.17) is 4.74 Å². The van der Waals surface area contributed by atoms with E-state index in [1.807, 2.05) is 0 Å². The number of nitrogens with one attached hydrogen (secondary N) is 1. The molecule has 0 radical (unpaired) electrons. The van der Waals surface area contributed by atoms with Crippen LogP contribution in [0.1, 0.15) is 0 Å². The van der Waals surface area contributed by atoms with E-state index >= 15 is 0 Å². The maximum absolute atomic E-state index is 10.4. The van der Waals surface area contributed by atoms with Crippen LogP contribution >= 0.6 is 12.2 Å². The lowest BCUT2D eigenvalue weighted by Gasteiger charge is -2.06. The van der Waals surface area contributed by atoms with Crippen LogP contribution < -0.4 is 10.1 Å². The Hall–Kier alpha value is -1.69. The van der Waals surface area contributed by atoms with Crippen molar-refractivity contribution in [3.63, 3.8) is 0 Å². The minimum absolute atomic E-state index is 0.00562. The van der Waals surface area contributed by atoms with Crippen LogP contribution in [0.4, 0.5) is 11.4 Å². The second kappa shape index (κ2) is 4.52. The van der Waals surface area contributed by atoms with E-state index in [1.54, 1.807) is 7.05 Å². The molecule has 0 aliphatic rings. The predicted molar refractivity (Wildman–Crippen MR) is 56.9 cm³/mol. The van der Waals surface area contributed by atoms with E-state index in [9.17, 15) is 10.1 Å². The molecule has 1 aromatic rings. The Kier molecular flexibility index (Phi) is 3.35. The van der Waals surface area contributed by atoms with Crippen molar-refractivity contribution in [1.29, 1.82) is 0 Å². The highest BCUT2D eigenvalue weighted by Gasteiger charge is 2.09. The van der Waals surface area contributed by atoms with Gasteiger partial charge in [0.15, 0.2) is 11.3 Å².